The summed E-state index contributed by atoms with van der Waals surface area (Å²) in [4.78, 5) is 2.19. The molecule has 1 aliphatic rings. The van der Waals surface area contributed by atoms with E-state index in [1.54, 1.807) is 0 Å². The molecule has 2 N–H and O–H groups in total. The van der Waals surface area contributed by atoms with Crippen molar-refractivity contribution in [2.45, 2.75) is 50.6 Å². The zero-order valence-corrected chi connectivity index (χ0v) is 9.37. The van der Waals surface area contributed by atoms with Crippen LogP contribution in [0.25, 0.3) is 0 Å². The molecule has 0 atom stereocenters. The maximum absolute atomic E-state index is 9.41. The van der Waals surface area contributed by atoms with Crippen molar-refractivity contribution in [1.82, 2.24) is 4.90 Å². The first-order valence-corrected chi connectivity index (χ1v) is 5.65. The number of rotatable bonds is 5. The normalized spacial score (nSPS) is 19.5. The monoisotopic (exact) mass is 201 g/mol. The maximum Gasteiger partial charge on any atom is 0.0670 e. The third-order valence-corrected chi connectivity index (χ3v) is 3.87. The molecular weight excluding hydrogens is 178 g/mol. The van der Waals surface area contributed by atoms with Gasteiger partial charge in [0.25, 0.3) is 0 Å². The molecule has 0 bridgehead atoms. The van der Waals surface area contributed by atoms with Crippen molar-refractivity contribution in [3.63, 3.8) is 0 Å². The van der Waals surface area contributed by atoms with Crippen LogP contribution in [0.4, 0.5) is 0 Å². The van der Waals surface area contributed by atoms with E-state index in [4.69, 9.17) is 0 Å². The molecule has 0 aromatic rings. The van der Waals surface area contributed by atoms with Crippen LogP contribution >= 0.6 is 0 Å². The summed E-state index contributed by atoms with van der Waals surface area (Å²) < 4.78 is 0. The van der Waals surface area contributed by atoms with Gasteiger partial charge in [0.1, 0.15) is 0 Å². The minimum Gasteiger partial charge on any atom is -0.394 e. The molecule has 0 aromatic carbocycles. The highest BCUT2D eigenvalue weighted by atomic mass is 16.3. The van der Waals surface area contributed by atoms with Gasteiger partial charge in [0, 0.05) is 6.04 Å². The fraction of sp³-hybridized carbons (Fsp3) is 1.00. The lowest BCUT2D eigenvalue weighted by Crippen LogP contribution is -2.55. The van der Waals surface area contributed by atoms with Gasteiger partial charge in [0.2, 0.25) is 0 Å². The molecule has 1 saturated carbocycles. The Hall–Kier alpha value is -0.120. The van der Waals surface area contributed by atoms with E-state index >= 15 is 0 Å². The predicted molar refractivity (Wildman–Crippen MR) is 57.2 cm³/mol. The highest BCUT2D eigenvalue weighted by molar-refractivity contribution is 4.91. The third-order valence-electron chi connectivity index (χ3n) is 3.87. The zero-order chi connectivity index (χ0) is 10.6. The van der Waals surface area contributed by atoms with Crippen molar-refractivity contribution in [3.8, 4) is 0 Å². The Labute approximate surface area is 86.7 Å². The molecule has 1 aliphatic carbocycles. The largest absolute Gasteiger partial charge is 0.394 e. The minimum absolute atomic E-state index is 0.0486. The van der Waals surface area contributed by atoms with Gasteiger partial charge in [0.15, 0.2) is 0 Å². The topological polar surface area (TPSA) is 43.7 Å². The Morgan fingerprint density at radius 3 is 2.07 bits per heavy atom. The van der Waals surface area contributed by atoms with Crippen molar-refractivity contribution in [3.05, 3.63) is 0 Å². The predicted octanol–water partition coefficient (Wildman–Crippen LogP) is 0.994. The number of aliphatic hydroxyl groups excluding tert-OH is 2. The summed E-state index contributed by atoms with van der Waals surface area (Å²) >= 11 is 0. The maximum atomic E-state index is 9.41. The molecule has 0 spiro atoms. The fourth-order valence-corrected chi connectivity index (χ4v) is 2.42. The molecule has 14 heavy (non-hydrogen) atoms. The molecule has 3 heteroatoms. The van der Waals surface area contributed by atoms with Crippen molar-refractivity contribution in [1.29, 1.82) is 0 Å². The Morgan fingerprint density at radius 1 is 1.21 bits per heavy atom. The van der Waals surface area contributed by atoms with Crippen molar-refractivity contribution in [2.75, 3.05) is 20.3 Å². The first-order valence-electron chi connectivity index (χ1n) is 5.65. The molecule has 3 nitrogen and oxygen atoms in total. The lowest BCUT2D eigenvalue weighted by molar-refractivity contribution is -0.0231. The molecule has 0 unspecified atom stereocenters. The van der Waals surface area contributed by atoms with E-state index < -0.39 is 5.54 Å². The van der Waals surface area contributed by atoms with E-state index in [0.717, 1.165) is 6.42 Å². The van der Waals surface area contributed by atoms with Crippen LogP contribution in [0.5, 0.6) is 0 Å². The number of nitrogens with zero attached hydrogens (tertiary/aromatic N) is 1. The second kappa shape index (κ2) is 5.10. The smallest absolute Gasteiger partial charge is 0.0670 e. The van der Waals surface area contributed by atoms with E-state index in [9.17, 15) is 10.2 Å². The van der Waals surface area contributed by atoms with Crippen molar-refractivity contribution in [2.24, 2.45) is 0 Å². The van der Waals surface area contributed by atoms with Crippen LogP contribution in [-0.4, -0.2) is 47.0 Å². The lowest BCUT2D eigenvalue weighted by Gasteiger charge is -2.42. The second-order valence-corrected chi connectivity index (χ2v) is 4.44. The molecule has 0 saturated heterocycles. The Kier molecular flexibility index (Phi) is 4.35. The zero-order valence-electron chi connectivity index (χ0n) is 9.37. The molecule has 1 rings (SSSR count). The third kappa shape index (κ3) is 2.10. The van der Waals surface area contributed by atoms with Crippen LogP contribution in [0, 0.1) is 0 Å². The summed E-state index contributed by atoms with van der Waals surface area (Å²) in [6.45, 7) is 2.12. The van der Waals surface area contributed by atoms with Gasteiger partial charge >= 0.3 is 0 Å². The van der Waals surface area contributed by atoms with Crippen molar-refractivity contribution < 1.29 is 10.2 Å². The van der Waals surface area contributed by atoms with Crippen LogP contribution in [-0.2, 0) is 0 Å². The van der Waals surface area contributed by atoms with Crippen LogP contribution in [0.1, 0.15) is 39.0 Å². The first-order chi connectivity index (χ1) is 6.70. The van der Waals surface area contributed by atoms with E-state index in [1.807, 2.05) is 14.0 Å². The SMILES string of the molecule is CCC(CO)(CO)N(C)C1CCCC1. The fourth-order valence-electron chi connectivity index (χ4n) is 2.42. The standard InChI is InChI=1S/C11H23NO2/c1-3-11(8-13,9-14)12(2)10-6-4-5-7-10/h10,13-14H,3-9H2,1-2H3. The summed E-state index contributed by atoms with van der Waals surface area (Å²) in [5, 5.41) is 18.8. The lowest BCUT2D eigenvalue weighted by atomic mass is 9.94. The van der Waals surface area contributed by atoms with Gasteiger partial charge in [-0.05, 0) is 26.3 Å². The number of hydrogen-bond donors (Lipinski definition) is 2. The van der Waals surface area contributed by atoms with Gasteiger partial charge in [-0.2, -0.15) is 0 Å². The molecule has 0 amide bonds. The molecular formula is C11H23NO2. The molecule has 1 fully saturated rings. The highest BCUT2D eigenvalue weighted by Gasteiger charge is 2.36. The van der Waals surface area contributed by atoms with Gasteiger partial charge in [0.05, 0.1) is 18.8 Å². The van der Waals surface area contributed by atoms with Gasteiger partial charge in [-0.1, -0.05) is 19.8 Å². The van der Waals surface area contributed by atoms with Gasteiger partial charge in [-0.3, -0.25) is 4.90 Å². The number of hydrogen-bond acceptors (Lipinski definition) is 3. The average Bonchev–Trinajstić information content (AvgIpc) is 2.74. The first kappa shape index (κ1) is 12.0. The summed E-state index contributed by atoms with van der Waals surface area (Å²) in [6.07, 6.45) is 5.78. The molecule has 0 radical (unpaired) electrons. The summed E-state index contributed by atoms with van der Waals surface area (Å²) in [7, 11) is 2.03. The van der Waals surface area contributed by atoms with Crippen molar-refractivity contribution >= 4 is 0 Å². The molecule has 0 aliphatic heterocycles. The van der Waals surface area contributed by atoms with E-state index in [-0.39, 0.29) is 13.2 Å². The second-order valence-electron chi connectivity index (χ2n) is 4.44. The number of likely N-dealkylation sites (N-methyl/N-ethyl adjacent to an activating group) is 1. The number of aliphatic hydroxyl groups is 2. The summed E-state index contributed by atoms with van der Waals surface area (Å²) in [6, 6.07) is 0.550. The molecule has 84 valence electrons. The van der Waals surface area contributed by atoms with Gasteiger partial charge < -0.3 is 10.2 Å². The molecule has 0 aromatic heterocycles. The molecule has 0 heterocycles. The quantitative estimate of drug-likeness (QED) is 0.697. The van der Waals surface area contributed by atoms with E-state index in [2.05, 4.69) is 4.90 Å². The van der Waals surface area contributed by atoms with Crippen LogP contribution in [0.15, 0.2) is 0 Å². The van der Waals surface area contributed by atoms with Gasteiger partial charge in [-0.15, -0.1) is 0 Å². The Balaban J connectivity index is 2.65. The van der Waals surface area contributed by atoms with E-state index in [0.29, 0.717) is 6.04 Å². The summed E-state index contributed by atoms with van der Waals surface area (Å²) in [5.41, 5.74) is -0.408. The van der Waals surface area contributed by atoms with Crippen LogP contribution in [0.2, 0.25) is 0 Å². The minimum atomic E-state index is -0.408. The van der Waals surface area contributed by atoms with E-state index in [1.165, 1.54) is 25.7 Å². The van der Waals surface area contributed by atoms with Crippen LogP contribution in [0.3, 0.4) is 0 Å². The van der Waals surface area contributed by atoms with Gasteiger partial charge in [-0.25, -0.2) is 0 Å². The Morgan fingerprint density at radius 2 is 1.71 bits per heavy atom. The van der Waals surface area contributed by atoms with Crippen LogP contribution < -0.4 is 0 Å². The Bertz CT molecular complexity index is 154. The highest BCUT2D eigenvalue weighted by Crippen LogP contribution is 2.29. The summed E-state index contributed by atoms with van der Waals surface area (Å²) in [5.74, 6) is 0. The average molecular weight is 201 g/mol.